The van der Waals surface area contributed by atoms with E-state index in [9.17, 15) is 4.39 Å². The Bertz CT molecular complexity index is 525. The van der Waals surface area contributed by atoms with Crippen molar-refractivity contribution in [2.45, 2.75) is 13.0 Å². The van der Waals surface area contributed by atoms with Crippen LogP contribution in [0, 0.1) is 5.82 Å². The SMILES string of the molecule is Cn1nccc1CCOc1c(F)cccc1CN. The van der Waals surface area contributed by atoms with Crippen molar-refractivity contribution >= 4 is 0 Å². The molecule has 0 spiro atoms. The maximum Gasteiger partial charge on any atom is 0.165 e. The summed E-state index contributed by atoms with van der Waals surface area (Å²) in [6.07, 6.45) is 2.40. The highest BCUT2D eigenvalue weighted by Crippen LogP contribution is 2.22. The molecule has 2 rings (SSSR count). The third-order valence-corrected chi connectivity index (χ3v) is 2.80. The van der Waals surface area contributed by atoms with Gasteiger partial charge >= 0.3 is 0 Å². The predicted molar refractivity (Wildman–Crippen MR) is 66.7 cm³/mol. The van der Waals surface area contributed by atoms with Gasteiger partial charge in [0, 0.05) is 37.5 Å². The smallest absolute Gasteiger partial charge is 0.165 e. The first-order valence-electron chi connectivity index (χ1n) is 5.79. The van der Waals surface area contributed by atoms with E-state index in [1.807, 2.05) is 13.1 Å². The van der Waals surface area contributed by atoms with E-state index in [2.05, 4.69) is 5.10 Å². The van der Waals surface area contributed by atoms with Gasteiger partial charge in [-0.1, -0.05) is 12.1 Å². The molecule has 0 aliphatic carbocycles. The summed E-state index contributed by atoms with van der Waals surface area (Å²) in [7, 11) is 1.86. The minimum Gasteiger partial charge on any atom is -0.490 e. The quantitative estimate of drug-likeness (QED) is 0.876. The molecule has 18 heavy (non-hydrogen) atoms. The van der Waals surface area contributed by atoms with Crippen molar-refractivity contribution in [2.24, 2.45) is 12.8 Å². The number of rotatable bonds is 5. The van der Waals surface area contributed by atoms with Gasteiger partial charge in [0.2, 0.25) is 0 Å². The Balaban J connectivity index is 2.00. The number of ether oxygens (including phenoxy) is 1. The molecule has 0 atom stereocenters. The van der Waals surface area contributed by atoms with Crippen molar-refractivity contribution in [1.29, 1.82) is 0 Å². The lowest BCUT2D eigenvalue weighted by atomic mass is 10.2. The second kappa shape index (κ2) is 5.64. The van der Waals surface area contributed by atoms with Crippen molar-refractivity contribution in [1.82, 2.24) is 9.78 Å². The number of aryl methyl sites for hydroxylation is 1. The van der Waals surface area contributed by atoms with Crippen LogP contribution in [-0.4, -0.2) is 16.4 Å². The third kappa shape index (κ3) is 2.68. The molecule has 0 amide bonds. The Kier molecular flexibility index (Phi) is 3.94. The number of para-hydroxylation sites is 1. The van der Waals surface area contributed by atoms with Gasteiger partial charge in [0.25, 0.3) is 0 Å². The minimum absolute atomic E-state index is 0.252. The lowest BCUT2D eigenvalue weighted by Gasteiger charge is -2.11. The summed E-state index contributed by atoms with van der Waals surface area (Å²) < 4.78 is 20.8. The molecular formula is C13H16FN3O. The largest absolute Gasteiger partial charge is 0.490 e. The van der Waals surface area contributed by atoms with Crippen LogP contribution >= 0.6 is 0 Å². The van der Waals surface area contributed by atoms with E-state index in [1.165, 1.54) is 6.07 Å². The number of nitrogens with two attached hydrogens (primary N) is 1. The van der Waals surface area contributed by atoms with Crippen LogP contribution in [0.3, 0.4) is 0 Å². The topological polar surface area (TPSA) is 53.1 Å². The summed E-state index contributed by atoms with van der Waals surface area (Å²) in [6.45, 7) is 0.659. The van der Waals surface area contributed by atoms with E-state index in [-0.39, 0.29) is 18.1 Å². The Hall–Kier alpha value is -1.88. The van der Waals surface area contributed by atoms with E-state index in [0.717, 1.165) is 5.69 Å². The third-order valence-electron chi connectivity index (χ3n) is 2.80. The Morgan fingerprint density at radius 3 is 2.89 bits per heavy atom. The molecule has 0 bridgehead atoms. The van der Waals surface area contributed by atoms with Crippen molar-refractivity contribution in [2.75, 3.05) is 6.61 Å². The summed E-state index contributed by atoms with van der Waals surface area (Å²) in [5.41, 5.74) is 7.27. The first-order chi connectivity index (χ1) is 8.72. The molecule has 1 heterocycles. The van der Waals surface area contributed by atoms with Gasteiger partial charge in [0.1, 0.15) is 0 Å². The van der Waals surface area contributed by atoms with Crippen LogP contribution < -0.4 is 10.5 Å². The molecule has 1 aromatic heterocycles. The lowest BCUT2D eigenvalue weighted by Crippen LogP contribution is -2.09. The predicted octanol–water partition coefficient (Wildman–Crippen LogP) is 1.64. The number of nitrogens with zero attached hydrogens (tertiary/aromatic N) is 2. The van der Waals surface area contributed by atoms with Crippen molar-refractivity contribution in [3.05, 3.63) is 47.5 Å². The van der Waals surface area contributed by atoms with Crippen LogP contribution in [0.5, 0.6) is 5.75 Å². The van der Waals surface area contributed by atoms with Gasteiger partial charge < -0.3 is 10.5 Å². The summed E-state index contributed by atoms with van der Waals surface area (Å²) in [5.74, 6) is -0.120. The summed E-state index contributed by atoms with van der Waals surface area (Å²) in [4.78, 5) is 0. The zero-order valence-corrected chi connectivity index (χ0v) is 10.3. The van der Waals surface area contributed by atoms with E-state index in [4.69, 9.17) is 10.5 Å². The highest BCUT2D eigenvalue weighted by molar-refractivity contribution is 5.34. The summed E-state index contributed by atoms with van der Waals surface area (Å²) >= 11 is 0. The standard InChI is InChI=1S/C13H16FN3O/c1-17-11(5-7-16-17)6-8-18-13-10(9-15)3-2-4-12(13)14/h2-5,7H,6,8-9,15H2,1H3. The fourth-order valence-corrected chi connectivity index (χ4v) is 1.78. The van der Waals surface area contributed by atoms with Gasteiger partial charge in [-0.25, -0.2) is 4.39 Å². The van der Waals surface area contributed by atoms with Gasteiger partial charge in [-0.2, -0.15) is 5.10 Å². The molecule has 96 valence electrons. The van der Waals surface area contributed by atoms with Gasteiger partial charge in [-0.05, 0) is 12.1 Å². The molecule has 0 aliphatic rings. The first-order valence-corrected chi connectivity index (χ1v) is 5.79. The van der Waals surface area contributed by atoms with Gasteiger partial charge in [0.05, 0.1) is 6.61 Å². The van der Waals surface area contributed by atoms with Crippen LogP contribution in [0.15, 0.2) is 30.5 Å². The molecular weight excluding hydrogens is 233 g/mol. The number of aromatic nitrogens is 2. The van der Waals surface area contributed by atoms with E-state index < -0.39 is 0 Å². The van der Waals surface area contributed by atoms with Gasteiger partial charge in [-0.3, -0.25) is 4.68 Å². The van der Waals surface area contributed by atoms with Crippen LogP contribution in [0.2, 0.25) is 0 Å². The van der Waals surface area contributed by atoms with Crippen molar-refractivity contribution < 1.29 is 9.13 Å². The monoisotopic (exact) mass is 249 g/mol. The Morgan fingerprint density at radius 1 is 1.39 bits per heavy atom. The van der Waals surface area contributed by atoms with Crippen LogP contribution in [0.25, 0.3) is 0 Å². The van der Waals surface area contributed by atoms with Crippen molar-refractivity contribution in [3.8, 4) is 5.75 Å². The maximum absolute atomic E-state index is 13.6. The summed E-state index contributed by atoms with van der Waals surface area (Å²) in [6, 6.07) is 6.68. The Labute approximate surface area is 105 Å². The van der Waals surface area contributed by atoms with Crippen LogP contribution in [-0.2, 0) is 20.0 Å². The first kappa shape index (κ1) is 12.6. The fourth-order valence-electron chi connectivity index (χ4n) is 1.78. The zero-order chi connectivity index (χ0) is 13.0. The highest BCUT2D eigenvalue weighted by Gasteiger charge is 2.08. The maximum atomic E-state index is 13.6. The molecule has 0 radical (unpaired) electrons. The van der Waals surface area contributed by atoms with E-state index >= 15 is 0 Å². The average molecular weight is 249 g/mol. The lowest BCUT2D eigenvalue weighted by molar-refractivity contribution is 0.299. The zero-order valence-electron chi connectivity index (χ0n) is 10.3. The molecule has 5 heteroatoms. The molecule has 0 fully saturated rings. The van der Waals surface area contributed by atoms with Gasteiger partial charge in [0.15, 0.2) is 11.6 Å². The molecule has 4 nitrogen and oxygen atoms in total. The molecule has 2 N–H and O–H groups in total. The highest BCUT2D eigenvalue weighted by atomic mass is 19.1. The second-order valence-corrected chi connectivity index (χ2v) is 3.98. The molecule has 0 saturated heterocycles. The number of halogens is 1. The van der Waals surface area contributed by atoms with Crippen molar-refractivity contribution in [3.63, 3.8) is 0 Å². The minimum atomic E-state index is -0.372. The van der Waals surface area contributed by atoms with E-state index in [0.29, 0.717) is 18.6 Å². The second-order valence-electron chi connectivity index (χ2n) is 3.98. The number of benzene rings is 1. The van der Waals surface area contributed by atoms with Gasteiger partial charge in [-0.15, -0.1) is 0 Å². The molecule has 1 aromatic carbocycles. The van der Waals surface area contributed by atoms with Crippen LogP contribution in [0.1, 0.15) is 11.3 Å². The van der Waals surface area contributed by atoms with E-state index in [1.54, 1.807) is 23.0 Å². The Morgan fingerprint density at radius 2 is 2.22 bits per heavy atom. The fraction of sp³-hybridized carbons (Fsp3) is 0.308. The molecule has 0 saturated carbocycles. The summed E-state index contributed by atoms with van der Waals surface area (Å²) in [5, 5.41) is 4.06. The number of hydrogen-bond acceptors (Lipinski definition) is 3. The van der Waals surface area contributed by atoms with Crippen LogP contribution in [0.4, 0.5) is 4.39 Å². The molecule has 0 aliphatic heterocycles. The average Bonchev–Trinajstić information content (AvgIpc) is 2.77. The molecule has 0 unspecified atom stereocenters. The molecule has 2 aromatic rings. The normalized spacial score (nSPS) is 10.6. The number of hydrogen-bond donors (Lipinski definition) is 1.